The summed E-state index contributed by atoms with van der Waals surface area (Å²) in [7, 11) is 1.69. The maximum absolute atomic E-state index is 6.14. The van der Waals surface area contributed by atoms with Crippen LogP contribution in [0.5, 0.6) is 5.75 Å². The van der Waals surface area contributed by atoms with Crippen molar-refractivity contribution in [3.05, 3.63) is 28.2 Å². The third-order valence-corrected chi connectivity index (χ3v) is 3.29. The number of halogens is 1. The number of ether oxygens (including phenoxy) is 2. The van der Waals surface area contributed by atoms with E-state index in [9.17, 15) is 0 Å². The fraction of sp³-hybridized carbons (Fsp3) is 0.571. The van der Waals surface area contributed by atoms with Gasteiger partial charge in [0.15, 0.2) is 0 Å². The van der Waals surface area contributed by atoms with Crippen molar-refractivity contribution in [2.24, 2.45) is 5.73 Å². The average Bonchev–Trinajstić information content (AvgIpc) is 2.35. The van der Waals surface area contributed by atoms with E-state index in [1.807, 2.05) is 19.1 Å². The summed E-state index contributed by atoms with van der Waals surface area (Å²) in [6.45, 7) is 3.57. The van der Waals surface area contributed by atoms with E-state index in [4.69, 9.17) is 15.2 Å². The van der Waals surface area contributed by atoms with Crippen LogP contribution in [0.1, 0.15) is 25.3 Å². The van der Waals surface area contributed by atoms with Gasteiger partial charge in [0.1, 0.15) is 5.75 Å². The number of methoxy groups -OCH3 is 1. The summed E-state index contributed by atoms with van der Waals surface area (Å²) in [5.74, 6) is 0.901. The van der Waals surface area contributed by atoms with Crippen molar-refractivity contribution in [1.82, 2.24) is 0 Å². The van der Waals surface area contributed by atoms with E-state index in [1.54, 1.807) is 7.11 Å². The zero-order valence-corrected chi connectivity index (χ0v) is 12.7. The van der Waals surface area contributed by atoms with Gasteiger partial charge in [-0.3, -0.25) is 0 Å². The van der Waals surface area contributed by atoms with Crippen LogP contribution < -0.4 is 10.5 Å². The maximum atomic E-state index is 6.14. The average molecular weight is 316 g/mol. The molecule has 0 saturated carbocycles. The van der Waals surface area contributed by atoms with Gasteiger partial charge in [0.2, 0.25) is 0 Å². The first-order valence-corrected chi connectivity index (χ1v) is 7.12. The largest absolute Gasteiger partial charge is 0.496 e. The highest BCUT2D eigenvalue weighted by atomic mass is 79.9. The van der Waals surface area contributed by atoms with Crippen LogP contribution in [0.25, 0.3) is 0 Å². The van der Waals surface area contributed by atoms with E-state index in [2.05, 4.69) is 22.0 Å². The second-order valence-electron chi connectivity index (χ2n) is 4.26. The molecule has 0 bridgehead atoms. The van der Waals surface area contributed by atoms with Crippen molar-refractivity contribution >= 4 is 15.9 Å². The molecule has 0 aliphatic heterocycles. The predicted octanol–water partition coefficient (Wildman–Crippen LogP) is 3.14. The van der Waals surface area contributed by atoms with Gasteiger partial charge in [0.25, 0.3) is 0 Å². The molecule has 3 nitrogen and oxygen atoms in total. The van der Waals surface area contributed by atoms with E-state index in [-0.39, 0.29) is 6.04 Å². The number of nitrogens with two attached hydrogens (primary N) is 1. The first-order chi connectivity index (χ1) is 8.67. The molecule has 1 atom stereocenters. The Balaban J connectivity index is 2.47. The summed E-state index contributed by atoms with van der Waals surface area (Å²) in [5.41, 5.74) is 7.28. The lowest BCUT2D eigenvalue weighted by Gasteiger charge is -2.14. The first-order valence-electron chi connectivity index (χ1n) is 6.33. The molecule has 18 heavy (non-hydrogen) atoms. The summed E-state index contributed by atoms with van der Waals surface area (Å²) >= 11 is 3.47. The summed E-state index contributed by atoms with van der Waals surface area (Å²) in [6.07, 6.45) is 2.80. The van der Waals surface area contributed by atoms with E-state index < -0.39 is 0 Å². The summed E-state index contributed by atoms with van der Waals surface area (Å²) in [4.78, 5) is 0. The number of hydrogen-bond donors (Lipinski definition) is 1. The normalized spacial score (nSPS) is 12.4. The standard InChI is InChI=1S/C14H22BrNO2/c1-3-18-8-4-5-13(16)10-11-9-12(15)6-7-14(11)17-2/h6-7,9,13H,3-5,8,10,16H2,1-2H3. The van der Waals surface area contributed by atoms with Crippen molar-refractivity contribution in [3.63, 3.8) is 0 Å². The van der Waals surface area contributed by atoms with Crippen LogP contribution >= 0.6 is 15.9 Å². The summed E-state index contributed by atoms with van der Waals surface area (Å²) in [5, 5.41) is 0. The molecule has 0 fully saturated rings. The van der Waals surface area contributed by atoms with E-state index in [0.29, 0.717) is 0 Å². The molecular formula is C14H22BrNO2. The van der Waals surface area contributed by atoms with Gasteiger partial charge in [-0.1, -0.05) is 15.9 Å². The third kappa shape index (κ3) is 5.38. The Bertz CT molecular complexity index is 358. The molecule has 0 saturated heterocycles. The fourth-order valence-electron chi connectivity index (χ4n) is 1.88. The van der Waals surface area contributed by atoms with Crippen LogP contribution in [-0.4, -0.2) is 26.4 Å². The van der Waals surface area contributed by atoms with Crippen LogP contribution in [0, 0.1) is 0 Å². The van der Waals surface area contributed by atoms with Crippen molar-refractivity contribution in [2.75, 3.05) is 20.3 Å². The van der Waals surface area contributed by atoms with E-state index >= 15 is 0 Å². The second kappa shape index (κ2) is 8.51. The molecule has 1 unspecified atom stereocenters. The summed E-state index contributed by atoms with van der Waals surface area (Å²) in [6, 6.07) is 6.16. The topological polar surface area (TPSA) is 44.5 Å². The van der Waals surface area contributed by atoms with Gasteiger partial charge in [-0.05, 0) is 49.9 Å². The minimum Gasteiger partial charge on any atom is -0.496 e. The zero-order chi connectivity index (χ0) is 13.4. The van der Waals surface area contributed by atoms with Gasteiger partial charge >= 0.3 is 0 Å². The van der Waals surface area contributed by atoms with Crippen LogP contribution in [-0.2, 0) is 11.2 Å². The molecule has 0 aliphatic rings. The Morgan fingerprint density at radius 1 is 1.39 bits per heavy atom. The van der Waals surface area contributed by atoms with E-state index in [1.165, 1.54) is 0 Å². The van der Waals surface area contributed by atoms with Gasteiger partial charge < -0.3 is 15.2 Å². The van der Waals surface area contributed by atoms with Crippen LogP contribution in [0.15, 0.2) is 22.7 Å². The molecule has 102 valence electrons. The molecule has 0 amide bonds. The second-order valence-corrected chi connectivity index (χ2v) is 5.18. The predicted molar refractivity (Wildman–Crippen MR) is 78.1 cm³/mol. The van der Waals surface area contributed by atoms with Gasteiger partial charge in [-0.15, -0.1) is 0 Å². The number of rotatable bonds is 8. The molecular weight excluding hydrogens is 294 g/mol. The Morgan fingerprint density at radius 2 is 2.17 bits per heavy atom. The Morgan fingerprint density at radius 3 is 2.83 bits per heavy atom. The molecule has 0 aromatic heterocycles. The third-order valence-electron chi connectivity index (χ3n) is 2.79. The maximum Gasteiger partial charge on any atom is 0.122 e. The van der Waals surface area contributed by atoms with Gasteiger partial charge in [0, 0.05) is 23.7 Å². The minimum atomic E-state index is 0.147. The Labute approximate surface area is 118 Å². The Kier molecular flexibility index (Phi) is 7.32. The van der Waals surface area contributed by atoms with Crippen LogP contribution in [0.3, 0.4) is 0 Å². The lowest BCUT2D eigenvalue weighted by atomic mass is 10.0. The highest BCUT2D eigenvalue weighted by Crippen LogP contribution is 2.24. The van der Waals surface area contributed by atoms with Crippen LogP contribution in [0.4, 0.5) is 0 Å². The first kappa shape index (κ1) is 15.5. The lowest BCUT2D eigenvalue weighted by molar-refractivity contribution is 0.142. The van der Waals surface area contributed by atoms with Crippen molar-refractivity contribution in [1.29, 1.82) is 0 Å². The molecule has 0 aliphatic carbocycles. The number of benzene rings is 1. The highest BCUT2D eigenvalue weighted by molar-refractivity contribution is 9.10. The van der Waals surface area contributed by atoms with Crippen molar-refractivity contribution < 1.29 is 9.47 Å². The minimum absolute atomic E-state index is 0.147. The molecule has 1 rings (SSSR count). The van der Waals surface area contributed by atoms with Crippen LogP contribution in [0.2, 0.25) is 0 Å². The smallest absolute Gasteiger partial charge is 0.122 e. The molecule has 1 aromatic rings. The SMILES string of the molecule is CCOCCCC(N)Cc1cc(Br)ccc1OC. The monoisotopic (exact) mass is 315 g/mol. The number of hydrogen-bond acceptors (Lipinski definition) is 3. The molecule has 1 aromatic carbocycles. The van der Waals surface area contributed by atoms with Gasteiger partial charge in [-0.25, -0.2) is 0 Å². The van der Waals surface area contributed by atoms with Crippen molar-refractivity contribution in [2.45, 2.75) is 32.2 Å². The molecule has 0 radical (unpaired) electrons. The molecule has 4 heteroatoms. The van der Waals surface area contributed by atoms with Crippen molar-refractivity contribution in [3.8, 4) is 5.75 Å². The van der Waals surface area contributed by atoms with Gasteiger partial charge in [-0.2, -0.15) is 0 Å². The fourth-order valence-corrected chi connectivity index (χ4v) is 2.29. The molecule has 2 N–H and O–H groups in total. The Hall–Kier alpha value is -0.580. The molecule has 0 spiro atoms. The summed E-state index contributed by atoms with van der Waals surface area (Å²) < 4.78 is 11.7. The zero-order valence-electron chi connectivity index (χ0n) is 11.1. The quantitative estimate of drug-likeness (QED) is 0.749. The lowest BCUT2D eigenvalue weighted by Crippen LogP contribution is -2.23. The highest BCUT2D eigenvalue weighted by Gasteiger charge is 2.09. The van der Waals surface area contributed by atoms with E-state index in [0.717, 1.165) is 48.3 Å². The molecule has 0 heterocycles. The van der Waals surface area contributed by atoms with Gasteiger partial charge in [0.05, 0.1) is 7.11 Å².